The molecule has 0 atom stereocenters. The second-order valence-electron chi connectivity index (χ2n) is 4.79. The number of nitrogens with zero attached hydrogens (tertiary/aromatic N) is 2. The van der Waals surface area contributed by atoms with Crippen LogP contribution in [0, 0.1) is 6.92 Å². The van der Waals surface area contributed by atoms with Crippen LogP contribution in [0.25, 0.3) is 0 Å². The van der Waals surface area contributed by atoms with Crippen molar-refractivity contribution in [3.05, 3.63) is 35.2 Å². The quantitative estimate of drug-likeness (QED) is 0.546. The molecule has 0 unspecified atom stereocenters. The van der Waals surface area contributed by atoms with E-state index in [1.807, 2.05) is 13.0 Å². The Bertz CT molecular complexity index is 640. The Morgan fingerprint density at radius 3 is 2.95 bits per heavy atom. The van der Waals surface area contributed by atoms with Crippen LogP contribution < -0.4 is 21.5 Å². The largest absolute Gasteiger partial charge is 0.493 e. The Labute approximate surface area is 128 Å². The number of nitrogens with two attached hydrogens (primary N) is 2. The summed E-state index contributed by atoms with van der Waals surface area (Å²) in [6.45, 7) is 3.25. The molecule has 0 saturated carbocycles. The zero-order chi connectivity index (χ0) is 15.9. The molecule has 0 spiro atoms. The highest BCUT2D eigenvalue weighted by molar-refractivity contribution is 5.94. The van der Waals surface area contributed by atoms with E-state index >= 15 is 0 Å². The number of hydrogen-bond acceptors (Lipinski definition) is 6. The number of nitrogen functional groups attached to an aromatic ring is 1. The van der Waals surface area contributed by atoms with Gasteiger partial charge in [0, 0.05) is 5.56 Å². The molecule has 0 aliphatic carbocycles. The van der Waals surface area contributed by atoms with Crippen LogP contribution in [0.2, 0.25) is 0 Å². The van der Waals surface area contributed by atoms with Crippen molar-refractivity contribution in [3.63, 3.8) is 0 Å². The smallest absolute Gasteiger partial charge is 0.251 e. The summed E-state index contributed by atoms with van der Waals surface area (Å²) in [5.41, 5.74) is 12.3. The number of hydrogen-bond donors (Lipinski definition) is 4. The molecule has 0 radical (unpaired) electrons. The molecule has 1 aromatic carbocycles. The van der Waals surface area contributed by atoms with Crippen molar-refractivity contribution in [1.29, 1.82) is 0 Å². The Morgan fingerprint density at radius 2 is 2.27 bits per heavy atom. The van der Waals surface area contributed by atoms with E-state index in [0.29, 0.717) is 30.3 Å². The van der Waals surface area contributed by atoms with E-state index in [0.717, 1.165) is 12.0 Å². The maximum Gasteiger partial charge on any atom is 0.251 e. The lowest BCUT2D eigenvalue weighted by molar-refractivity contribution is 0.0949. The number of H-pyrrole nitrogens is 1. The molecule has 2 rings (SSSR count). The topological polar surface area (TPSA) is 132 Å². The second kappa shape index (κ2) is 7.41. The lowest BCUT2D eigenvalue weighted by atomic mass is 10.1. The molecular weight excluding hydrogens is 284 g/mol. The summed E-state index contributed by atoms with van der Waals surface area (Å²) in [7, 11) is 0. The van der Waals surface area contributed by atoms with Gasteiger partial charge in [-0.25, -0.2) is 0 Å². The van der Waals surface area contributed by atoms with Crippen molar-refractivity contribution < 1.29 is 9.53 Å². The predicted molar refractivity (Wildman–Crippen MR) is 82.3 cm³/mol. The van der Waals surface area contributed by atoms with Gasteiger partial charge in [0.1, 0.15) is 11.6 Å². The van der Waals surface area contributed by atoms with Crippen molar-refractivity contribution in [2.75, 3.05) is 18.9 Å². The SMILES string of the molecule is Cc1ccc(C(=O)NCc2nc(N)n[nH]2)cc1OCCCN. The Kier molecular flexibility index (Phi) is 5.31. The van der Waals surface area contributed by atoms with Gasteiger partial charge in [-0.1, -0.05) is 6.07 Å². The van der Waals surface area contributed by atoms with Crippen LogP contribution in [0.5, 0.6) is 5.75 Å². The molecule has 0 aliphatic heterocycles. The number of carbonyl (C=O) groups excluding carboxylic acids is 1. The zero-order valence-electron chi connectivity index (χ0n) is 12.4. The fourth-order valence-electron chi connectivity index (χ4n) is 1.82. The number of aryl methyl sites for hydroxylation is 1. The minimum atomic E-state index is -0.223. The maximum atomic E-state index is 12.1. The molecule has 1 heterocycles. The van der Waals surface area contributed by atoms with Gasteiger partial charge in [-0.15, -0.1) is 5.10 Å². The second-order valence-corrected chi connectivity index (χ2v) is 4.79. The lowest BCUT2D eigenvalue weighted by Crippen LogP contribution is -2.23. The molecule has 0 fully saturated rings. The van der Waals surface area contributed by atoms with Crippen LogP contribution in [0.15, 0.2) is 18.2 Å². The van der Waals surface area contributed by atoms with Gasteiger partial charge in [-0.2, -0.15) is 4.98 Å². The van der Waals surface area contributed by atoms with Crippen LogP contribution in [-0.2, 0) is 6.54 Å². The van der Waals surface area contributed by atoms with Crippen molar-refractivity contribution in [2.24, 2.45) is 5.73 Å². The molecule has 8 heteroatoms. The van der Waals surface area contributed by atoms with E-state index in [-0.39, 0.29) is 18.4 Å². The summed E-state index contributed by atoms with van der Waals surface area (Å²) >= 11 is 0. The Balaban J connectivity index is 1.98. The van der Waals surface area contributed by atoms with Crippen molar-refractivity contribution in [2.45, 2.75) is 19.9 Å². The number of ether oxygens (including phenoxy) is 1. The van der Waals surface area contributed by atoms with Gasteiger partial charge in [0.05, 0.1) is 13.2 Å². The summed E-state index contributed by atoms with van der Waals surface area (Å²) in [5, 5.41) is 9.06. The summed E-state index contributed by atoms with van der Waals surface area (Å²) in [4.78, 5) is 16.1. The summed E-state index contributed by atoms with van der Waals surface area (Å²) < 4.78 is 5.63. The lowest BCUT2D eigenvalue weighted by Gasteiger charge is -2.10. The van der Waals surface area contributed by atoms with Gasteiger partial charge in [-0.3, -0.25) is 9.89 Å². The van der Waals surface area contributed by atoms with Gasteiger partial charge in [0.15, 0.2) is 0 Å². The van der Waals surface area contributed by atoms with E-state index in [9.17, 15) is 4.79 Å². The van der Waals surface area contributed by atoms with Crippen LogP contribution in [0.3, 0.4) is 0 Å². The molecule has 8 nitrogen and oxygen atoms in total. The van der Waals surface area contributed by atoms with Gasteiger partial charge in [0.25, 0.3) is 5.91 Å². The van der Waals surface area contributed by atoms with Crippen molar-refractivity contribution in [1.82, 2.24) is 20.5 Å². The van der Waals surface area contributed by atoms with Gasteiger partial charge in [-0.05, 0) is 37.6 Å². The third-order valence-corrected chi connectivity index (χ3v) is 3.02. The number of anilines is 1. The number of aromatic amines is 1. The first-order chi connectivity index (χ1) is 10.6. The first kappa shape index (κ1) is 15.8. The van der Waals surface area contributed by atoms with Crippen LogP contribution in [0.4, 0.5) is 5.95 Å². The molecule has 0 aliphatic rings. The average molecular weight is 304 g/mol. The number of rotatable bonds is 7. The highest BCUT2D eigenvalue weighted by Gasteiger charge is 2.10. The molecule has 1 aromatic heterocycles. The predicted octanol–water partition coefficient (Wildman–Crippen LogP) is 0.353. The van der Waals surface area contributed by atoms with Gasteiger partial charge < -0.3 is 21.5 Å². The number of amides is 1. The third-order valence-electron chi connectivity index (χ3n) is 3.02. The molecule has 22 heavy (non-hydrogen) atoms. The summed E-state index contributed by atoms with van der Waals surface area (Å²) in [6, 6.07) is 5.31. The third kappa shape index (κ3) is 4.19. The van der Waals surface area contributed by atoms with Crippen LogP contribution in [0.1, 0.15) is 28.2 Å². The fraction of sp³-hybridized carbons (Fsp3) is 0.357. The minimum Gasteiger partial charge on any atom is -0.493 e. The minimum absolute atomic E-state index is 0.148. The normalized spacial score (nSPS) is 10.5. The van der Waals surface area contributed by atoms with Crippen LogP contribution in [-0.4, -0.2) is 34.2 Å². The van der Waals surface area contributed by atoms with Crippen molar-refractivity contribution >= 4 is 11.9 Å². The Hall–Kier alpha value is -2.61. The van der Waals surface area contributed by atoms with E-state index < -0.39 is 0 Å². The molecule has 118 valence electrons. The van der Waals surface area contributed by atoms with E-state index in [4.69, 9.17) is 16.2 Å². The van der Waals surface area contributed by atoms with E-state index in [2.05, 4.69) is 20.5 Å². The highest BCUT2D eigenvalue weighted by atomic mass is 16.5. The summed E-state index contributed by atoms with van der Waals surface area (Å²) in [6.07, 6.45) is 0.767. The van der Waals surface area contributed by atoms with E-state index in [1.54, 1.807) is 12.1 Å². The number of nitrogens with one attached hydrogen (secondary N) is 2. The monoisotopic (exact) mass is 304 g/mol. The molecular formula is C14H20N6O2. The summed E-state index contributed by atoms with van der Waals surface area (Å²) in [5.74, 6) is 1.11. The number of aromatic nitrogens is 3. The zero-order valence-corrected chi connectivity index (χ0v) is 12.4. The molecule has 1 amide bonds. The average Bonchev–Trinajstić information content (AvgIpc) is 2.92. The molecule has 0 bridgehead atoms. The van der Waals surface area contributed by atoms with E-state index in [1.165, 1.54) is 0 Å². The van der Waals surface area contributed by atoms with Crippen molar-refractivity contribution in [3.8, 4) is 5.75 Å². The first-order valence-electron chi connectivity index (χ1n) is 6.98. The number of carbonyl (C=O) groups is 1. The standard InChI is InChI=1S/C14H20N6O2/c1-9-3-4-10(7-11(9)22-6-2-5-15)13(21)17-8-12-18-14(16)20-19-12/h3-4,7H,2,5-6,8,15H2,1H3,(H,17,21)(H3,16,18,19,20). The van der Waals surface area contributed by atoms with Gasteiger partial charge >= 0.3 is 0 Å². The highest BCUT2D eigenvalue weighted by Crippen LogP contribution is 2.19. The van der Waals surface area contributed by atoms with Crippen LogP contribution >= 0.6 is 0 Å². The molecule has 0 saturated heterocycles. The molecule has 2 aromatic rings. The number of benzene rings is 1. The fourth-order valence-corrected chi connectivity index (χ4v) is 1.82. The van der Waals surface area contributed by atoms with Gasteiger partial charge in [0.2, 0.25) is 5.95 Å². The molecule has 6 N–H and O–H groups in total. The first-order valence-corrected chi connectivity index (χ1v) is 6.98. The maximum absolute atomic E-state index is 12.1. The Morgan fingerprint density at radius 1 is 1.45 bits per heavy atom.